The Morgan fingerprint density at radius 1 is 0.581 bits per heavy atom. The third-order valence-corrected chi connectivity index (χ3v) is 8.34. The van der Waals surface area contributed by atoms with E-state index in [-0.39, 0.29) is 63.7 Å². The molecule has 0 radical (unpaired) electrons. The first kappa shape index (κ1) is 32.4. The first-order chi connectivity index (χ1) is 21.0. The predicted octanol–water partition coefficient (Wildman–Crippen LogP) is 5.02. The number of aliphatic hydroxyl groups excluding tert-OH is 4. The summed E-state index contributed by atoms with van der Waals surface area (Å²) in [6.07, 6.45) is 0. The smallest absolute Gasteiger partial charge is 0.129 e. The van der Waals surface area contributed by atoms with E-state index in [1.165, 1.54) is 17.7 Å². The van der Waals surface area contributed by atoms with Crippen LogP contribution in [0.5, 0.6) is 0 Å². The lowest BCUT2D eigenvalue weighted by Crippen LogP contribution is -2.30. The van der Waals surface area contributed by atoms with Crippen molar-refractivity contribution in [3.8, 4) is 0 Å². The molecule has 0 unspecified atom stereocenters. The molecule has 43 heavy (non-hydrogen) atoms. The van der Waals surface area contributed by atoms with Crippen LogP contribution in [-0.4, -0.2) is 73.0 Å². The van der Waals surface area contributed by atoms with Crippen molar-refractivity contribution in [3.63, 3.8) is 0 Å². The Hall–Kier alpha value is -3.47. The number of thioether (sulfide) groups is 1. The first-order valence-corrected chi connectivity index (χ1v) is 15.3. The first-order valence-electron chi connectivity index (χ1n) is 14.3. The fourth-order valence-corrected chi connectivity index (χ4v) is 5.99. The number of halogens is 2. The van der Waals surface area contributed by atoms with Gasteiger partial charge >= 0.3 is 0 Å². The maximum Gasteiger partial charge on any atom is 0.129 e. The van der Waals surface area contributed by atoms with Gasteiger partial charge in [-0.15, -0.1) is 11.8 Å². The molecule has 0 aliphatic carbocycles. The molecule has 4 rings (SSSR count). The van der Waals surface area contributed by atoms with E-state index in [2.05, 4.69) is 12.1 Å². The molecule has 4 aromatic carbocycles. The number of rotatable bonds is 16. The van der Waals surface area contributed by atoms with Crippen molar-refractivity contribution < 1.29 is 29.2 Å². The number of hydrogen-bond donors (Lipinski definition) is 4. The molecular weight excluding hydrogens is 570 g/mol. The van der Waals surface area contributed by atoms with Gasteiger partial charge in [-0.3, -0.25) is 0 Å². The summed E-state index contributed by atoms with van der Waals surface area (Å²) in [6, 6.07) is 27.3. The van der Waals surface area contributed by atoms with E-state index >= 15 is 8.78 Å². The lowest BCUT2D eigenvalue weighted by molar-refractivity contribution is 0.280. The lowest BCUT2D eigenvalue weighted by atomic mass is 9.84. The molecule has 6 nitrogen and oxygen atoms in total. The molecule has 0 aromatic heterocycles. The number of aliphatic hydroxyl groups is 4. The molecule has 0 fully saturated rings. The molecule has 0 aliphatic rings. The molecule has 0 bridgehead atoms. The highest BCUT2D eigenvalue weighted by Gasteiger charge is 2.25. The molecule has 0 saturated heterocycles. The van der Waals surface area contributed by atoms with Crippen LogP contribution in [0.2, 0.25) is 0 Å². The average Bonchev–Trinajstić information content (AvgIpc) is 3.02. The molecule has 0 amide bonds. The van der Waals surface area contributed by atoms with E-state index in [4.69, 9.17) is 0 Å². The third-order valence-electron chi connectivity index (χ3n) is 7.26. The zero-order chi connectivity index (χ0) is 30.6. The second-order valence-electron chi connectivity index (χ2n) is 10.1. The van der Waals surface area contributed by atoms with E-state index in [9.17, 15) is 20.4 Å². The monoisotopic (exact) mass is 608 g/mol. The van der Waals surface area contributed by atoms with Crippen molar-refractivity contribution >= 4 is 23.1 Å². The van der Waals surface area contributed by atoms with Crippen LogP contribution >= 0.6 is 11.8 Å². The average molecular weight is 609 g/mol. The van der Waals surface area contributed by atoms with Gasteiger partial charge in [0, 0.05) is 54.1 Å². The van der Waals surface area contributed by atoms with Crippen LogP contribution in [0.3, 0.4) is 0 Å². The van der Waals surface area contributed by atoms with Crippen molar-refractivity contribution in [2.75, 3.05) is 62.4 Å². The highest BCUT2D eigenvalue weighted by atomic mass is 32.2. The molecule has 0 aliphatic heterocycles. The molecule has 0 saturated carbocycles. The van der Waals surface area contributed by atoms with Crippen molar-refractivity contribution in [1.82, 2.24) is 0 Å². The summed E-state index contributed by atoms with van der Waals surface area (Å²) < 4.78 is 31.8. The summed E-state index contributed by atoms with van der Waals surface area (Å²) in [5, 5.41) is 37.7. The van der Waals surface area contributed by atoms with Gasteiger partial charge in [-0.25, -0.2) is 8.78 Å². The van der Waals surface area contributed by atoms with E-state index in [0.29, 0.717) is 16.9 Å². The minimum absolute atomic E-state index is 0.151. The molecule has 0 spiro atoms. The minimum atomic E-state index is -0.760. The van der Waals surface area contributed by atoms with Crippen LogP contribution in [-0.2, 0) is 5.75 Å². The molecular formula is C34H38F2N2O4S. The quantitative estimate of drug-likeness (QED) is 0.105. The number of benzene rings is 4. The van der Waals surface area contributed by atoms with Gasteiger partial charge < -0.3 is 30.2 Å². The van der Waals surface area contributed by atoms with E-state index in [1.54, 1.807) is 45.8 Å². The zero-order valence-electron chi connectivity index (χ0n) is 23.9. The minimum Gasteiger partial charge on any atom is -0.395 e. The Labute approximate surface area is 255 Å². The summed E-state index contributed by atoms with van der Waals surface area (Å²) in [7, 11) is 0. The highest BCUT2D eigenvalue weighted by Crippen LogP contribution is 2.38. The molecule has 9 heteroatoms. The Balaban J connectivity index is 1.72. The molecule has 228 valence electrons. The van der Waals surface area contributed by atoms with Crippen LogP contribution in [0.1, 0.15) is 28.2 Å². The van der Waals surface area contributed by atoms with Gasteiger partial charge in [0.15, 0.2) is 0 Å². The van der Waals surface area contributed by atoms with Gasteiger partial charge in [0.1, 0.15) is 11.6 Å². The molecule has 4 aromatic rings. The number of anilines is 2. The number of nitrogens with zero attached hydrogens (tertiary/aromatic N) is 2. The maximum absolute atomic E-state index is 15.9. The maximum atomic E-state index is 15.9. The van der Waals surface area contributed by atoms with Gasteiger partial charge in [-0.2, -0.15) is 0 Å². The predicted molar refractivity (Wildman–Crippen MR) is 169 cm³/mol. The summed E-state index contributed by atoms with van der Waals surface area (Å²) in [4.78, 5) is 4.41. The van der Waals surface area contributed by atoms with Crippen molar-refractivity contribution in [3.05, 3.63) is 125 Å². The topological polar surface area (TPSA) is 87.4 Å². The fraction of sp³-hybridized carbons (Fsp3) is 0.294. The standard InChI is InChI=1S/C34H38F2N2O4S/c35-32-22-27(37(14-18-39)15-19-40)8-12-30(32)34(31-13-9-28(23-33(31)36)38(16-20-41)17-21-42)26-6-10-29(11-7-26)43-24-25-4-2-1-3-5-25/h1-13,22-23,34,39-42H,14-21,24H2. The summed E-state index contributed by atoms with van der Waals surface area (Å²) >= 11 is 1.68. The van der Waals surface area contributed by atoms with Crippen molar-refractivity contribution in [2.45, 2.75) is 16.6 Å². The fourth-order valence-electron chi connectivity index (χ4n) is 5.14. The number of hydrogen-bond acceptors (Lipinski definition) is 7. The Bertz CT molecular complexity index is 1350. The van der Waals surface area contributed by atoms with E-state index in [1.807, 2.05) is 42.5 Å². The van der Waals surface area contributed by atoms with Gasteiger partial charge in [-0.1, -0.05) is 54.6 Å². The zero-order valence-corrected chi connectivity index (χ0v) is 24.8. The molecule has 0 atom stereocenters. The van der Waals surface area contributed by atoms with Crippen LogP contribution in [0.4, 0.5) is 20.2 Å². The molecule has 4 N–H and O–H groups in total. The van der Waals surface area contributed by atoms with Gasteiger partial charge in [0.05, 0.1) is 26.4 Å². The Morgan fingerprint density at radius 3 is 1.47 bits per heavy atom. The van der Waals surface area contributed by atoms with E-state index in [0.717, 1.165) is 10.6 Å². The highest BCUT2D eigenvalue weighted by molar-refractivity contribution is 7.98. The Kier molecular flexibility index (Phi) is 12.4. The van der Waals surface area contributed by atoms with Crippen LogP contribution in [0, 0.1) is 11.6 Å². The normalized spacial score (nSPS) is 11.2. The van der Waals surface area contributed by atoms with Crippen molar-refractivity contribution in [1.29, 1.82) is 0 Å². The second kappa shape index (κ2) is 16.4. The summed E-state index contributed by atoms with van der Waals surface area (Å²) in [6.45, 7) is 0.337. The SMILES string of the molecule is OCCN(CCO)c1ccc(C(c2ccc(SCc3ccccc3)cc2)c2ccc(N(CCO)CCO)cc2F)c(F)c1. The summed E-state index contributed by atoms with van der Waals surface area (Å²) in [5.41, 5.74) is 3.51. The Morgan fingerprint density at radius 2 is 1.05 bits per heavy atom. The van der Waals surface area contributed by atoms with Crippen LogP contribution in [0.15, 0.2) is 95.9 Å². The van der Waals surface area contributed by atoms with Gasteiger partial charge in [0.2, 0.25) is 0 Å². The third kappa shape index (κ3) is 8.55. The van der Waals surface area contributed by atoms with E-state index < -0.39 is 17.6 Å². The largest absolute Gasteiger partial charge is 0.395 e. The lowest BCUT2D eigenvalue weighted by Gasteiger charge is -2.26. The van der Waals surface area contributed by atoms with Gasteiger partial charge in [0.25, 0.3) is 0 Å². The van der Waals surface area contributed by atoms with Gasteiger partial charge in [-0.05, 0) is 58.7 Å². The second-order valence-corrected chi connectivity index (χ2v) is 11.1. The van der Waals surface area contributed by atoms with Crippen LogP contribution in [0.25, 0.3) is 0 Å². The molecule has 0 heterocycles. The van der Waals surface area contributed by atoms with Crippen molar-refractivity contribution in [2.24, 2.45) is 0 Å². The summed E-state index contributed by atoms with van der Waals surface area (Å²) in [5.74, 6) is -1.02. The van der Waals surface area contributed by atoms with Crippen LogP contribution < -0.4 is 9.80 Å².